The largest absolute Gasteiger partial charge is 0.375 e. The van der Waals surface area contributed by atoms with Crippen LogP contribution in [0.5, 0.6) is 0 Å². The van der Waals surface area contributed by atoms with E-state index in [2.05, 4.69) is 20.9 Å². The van der Waals surface area contributed by atoms with Crippen LogP contribution >= 0.6 is 0 Å². The van der Waals surface area contributed by atoms with Crippen LogP contribution in [0.1, 0.15) is 44.1 Å². The highest BCUT2D eigenvalue weighted by Crippen LogP contribution is 2.31. The second-order valence-corrected chi connectivity index (χ2v) is 7.28. The normalized spacial score (nSPS) is 21.9. The molecule has 2 aliphatic rings. The van der Waals surface area contributed by atoms with Gasteiger partial charge in [-0.2, -0.15) is 5.26 Å². The summed E-state index contributed by atoms with van der Waals surface area (Å²) < 4.78 is 5.10. The molecule has 0 unspecified atom stereocenters. The molecule has 0 aromatic carbocycles. The van der Waals surface area contributed by atoms with Crippen LogP contribution in [-0.2, 0) is 9.53 Å². The van der Waals surface area contributed by atoms with Gasteiger partial charge in [-0.3, -0.25) is 4.79 Å². The SMILES string of the molecule is COCC(=O)N1CCCCC[C@H]1C1CCN(c2ccc(C#N)cn2)CC1. The highest BCUT2D eigenvalue weighted by atomic mass is 16.5. The quantitative estimate of drug-likeness (QED) is 0.829. The first-order valence-corrected chi connectivity index (χ1v) is 9.62. The molecule has 0 aliphatic carbocycles. The number of carbonyl (C=O) groups is 1. The zero-order chi connectivity index (χ0) is 18.4. The van der Waals surface area contributed by atoms with Crippen molar-refractivity contribution in [1.82, 2.24) is 9.88 Å². The molecular weight excluding hydrogens is 328 g/mol. The maximum absolute atomic E-state index is 12.5. The number of pyridine rings is 1. The van der Waals surface area contributed by atoms with Gasteiger partial charge >= 0.3 is 0 Å². The van der Waals surface area contributed by atoms with Gasteiger partial charge in [-0.05, 0) is 43.7 Å². The van der Waals surface area contributed by atoms with Crippen molar-refractivity contribution in [1.29, 1.82) is 5.26 Å². The molecule has 0 bridgehead atoms. The fourth-order valence-corrected chi connectivity index (χ4v) is 4.29. The summed E-state index contributed by atoms with van der Waals surface area (Å²) in [6.45, 7) is 2.95. The molecular formula is C20H28N4O2. The Labute approximate surface area is 155 Å². The van der Waals surface area contributed by atoms with Crippen molar-refractivity contribution in [3.05, 3.63) is 23.9 Å². The number of aromatic nitrogens is 1. The number of amides is 1. The molecule has 6 heteroatoms. The van der Waals surface area contributed by atoms with Crippen molar-refractivity contribution >= 4 is 11.7 Å². The standard InChI is InChI=1S/C20H28N4O2/c1-26-15-20(25)24-10-4-2-3-5-18(24)17-8-11-23(12-9-17)19-7-6-16(13-21)14-22-19/h6-7,14,17-18H,2-5,8-12,15H2,1H3/t18-/m0/s1. The number of likely N-dealkylation sites (tertiary alicyclic amines) is 1. The van der Waals surface area contributed by atoms with Gasteiger partial charge in [-0.15, -0.1) is 0 Å². The second-order valence-electron chi connectivity index (χ2n) is 7.28. The van der Waals surface area contributed by atoms with Crippen LogP contribution in [0.4, 0.5) is 5.82 Å². The molecule has 3 rings (SSSR count). The summed E-state index contributed by atoms with van der Waals surface area (Å²) in [7, 11) is 1.59. The van der Waals surface area contributed by atoms with Crippen molar-refractivity contribution in [2.75, 3.05) is 38.3 Å². The summed E-state index contributed by atoms with van der Waals surface area (Å²) in [5, 5.41) is 8.90. The number of methoxy groups -OCH3 is 1. The molecule has 6 nitrogen and oxygen atoms in total. The molecule has 0 spiro atoms. The molecule has 2 fully saturated rings. The fraction of sp³-hybridized carbons (Fsp3) is 0.650. The Morgan fingerprint density at radius 3 is 2.69 bits per heavy atom. The number of rotatable bonds is 4. The van der Waals surface area contributed by atoms with Gasteiger partial charge in [-0.25, -0.2) is 4.98 Å². The van der Waals surface area contributed by atoms with Gasteiger partial charge in [0, 0.05) is 39.0 Å². The van der Waals surface area contributed by atoms with Gasteiger partial charge in [-0.1, -0.05) is 12.8 Å². The van der Waals surface area contributed by atoms with E-state index in [4.69, 9.17) is 10.00 Å². The van der Waals surface area contributed by atoms with Crippen LogP contribution in [0, 0.1) is 17.2 Å². The van der Waals surface area contributed by atoms with E-state index >= 15 is 0 Å². The van der Waals surface area contributed by atoms with E-state index in [1.54, 1.807) is 13.3 Å². The number of nitrogens with zero attached hydrogens (tertiary/aromatic N) is 4. The molecule has 1 aromatic rings. The minimum Gasteiger partial charge on any atom is -0.375 e. The highest BCUT2D eigenvalue weighted by molar-refractivity contribution is 5.77. The topological polar surface area (TPSA) is 69.5 Å². The van der Waals surface area contributed by atoms with Crippen molar-refractivity contribution in [3.63, 3.8) is 0 Å². The van der Waals surface area contributed by atoms with E-state index in [0.717, 1.165) is 51.1 Å². The molecule has 26 heavy (non-hydrogen) atoms. The molecule has 2 saturated heterocycles. The van der Waals surface area contributed by atoms with Gasteiger partial charge in [0.1, 0.15) is 18.5 Å². The van der Waals surface area contributed by atoms with E-state index in [-0.39, 0.29) is 12.5 Å². The molecule has 0 saturated carbocycles. The van der Waals surface area contributed by atoms with Crippen molar-refractivity contribution in [3.8, 4) is 6.07 Å². The Hall–Kier alpha value is -2.13. The van der Waals surface area contributed by atoms with Gasteiger partial charge < -0.3 is 14.5 Å². The average molecular weight is 356 g/mol. The smallest absolute Gasteiger partial charge is 0.248 e. The predicted molar refractivity (Wildman–Crippen MR) is 99.7 cm³/mol. The fourth-order valence-electron chi connectivity index (χ4n) is 4.29. The van der Waals surface area contributed by atoms with Gasteiger partial charge in [0.25, 0.3) is 0 Å². The maximum atomic E-state index is 12.5. The second kappa shape index (κ2) is 9.00. The highest BCUT2D eigenvalue weighted by Gasteiger charge is 2.34. The van der Waals surface area contributed by atoms with Crippen molar-refractivity contribution in [2.24, 2.45) is 5.92 Å². The molecule has 0 N–H and O–H groups in total. The van der Waals surface area contributed by atoms with Crippen LogP contribution in [0.3, 0.4) is 0 Å². The molecule has 2 aliphatic heterocycles. The Morgan fingerprint density at radius 2 is 2.04 bits per heavy atom. The van der Waals surface area contributed by atoms with E-state index < -0.39 is 0 Å². The first-order chi connectivity index (χ1) is 12.7. The lowest BCUT2D eigenvalue weighted by Gasteiger charge is -2.41. The van der Waals surface area contributed by atoms with Crippen LogP contribution in [0.2, 0.25) is 0 Å². The number of anilines is 1. The number of carbonyl (C=O) groups excluding carboxylic acids is 1. The number of hydrogen-bond acceptors (Lipinski definition) is 5. The Balaban J connectivity index is 1.63. The van der Waals surface area contributed by atoms with Crippen molar-refractivity contribution in [2.45, 2.75) is 44.6 Å². The Morgan fingerprint density at radius 1 is 1.23 bits per heavy atom. The number of ether oxygens (including phenoxy) is 1. The van der Waals surface area contributed by atoms with Crippen LogP contribution < -0.4 is 4.90 Å². The third-order valence-corrected chi connectivity index (χ3v) is 5.67. The molecule has 140 valence electrons. The van der Waals surface area contributed by atoms with Crippen LogP contribution in [0.25, 0.3) is 0 Å². The molecule has 1 amide bonds. The summed E-state index contributed by atoms with van der Waals surface area (Å²) >= 11 is 0. The zero-order valence-corrected chi connectivity index (χ0v) is 15.6. The predicted octanol–water partition coefficient (Wildman–Crippen LogP) is 2.59. The van der Waals surface area contributed by atoms with E-state index in [0.29, 0.717) is 17.5 Å². The van der Waals surface area contributed by atoms with E-state index in [9.17, 15) is 4.79 Å². The Bertz CT molecular complexity index is 632. The minimum absolute atomic E-state index is 0.135. The van der Waals surface area contributed by atoms with Gasteiger partial charge in [0.2, 0.25) is 5.91 Å². The first-order valence-electron chi connectivity index (χ1n) is 9.62. The Kier molecular flexibility index (Phi) is 6.45. The lowest BCUT2D eigenvalue weighted by molar-refractivity contribution is -0.138. The monoisotopic (exact) mass is 356 g/mol. The summed E-state index contributed by atoms with van der Waals surface area (Å²) in [6.07, 6.45) is 8.40. The van der Waals surface area contributed by atoms with Crippen molar-refractivity contribution < 1.29 is 9.53 Å². The average Bonchev–Trinajstić information content (AvgIpc) is 2.94. The molecule has 1 aromatic heterocycles. The first kappa shape index (κ1) is 18.7. The lowest BCUT2D eigenvalue weighted by Crippen LogP contribution is -2.49. The summed E-state index contributed by atoms with van der Waals surface area (Å²) in [6, 6.07) is 6.21. The third kappa shape index (κ3) is 4.34. The van der Waals surface area contributed by atoms with Gasteiger partial charge in [0.05, 0.1) is 5.56 Å². The van der Waals surface area contributed by atoms with E-state index in [1.807, 2.05) is 12.1 Å². The number of hydrogen-bond donors (Lipinski definition) is 0. The summed E-state index contributed by atoms with van der Waals surface area (Å²) in [5.41, 5.74) is 0.592. The van der Waals surface area contributed by atoms with E-state index in [1.165, 1.54) is 12.8 Å². The van der Waals surface area contributed by atoms with Crippen LogP contribution in [0.15, 0.2) is 18.3 Å². The number of nitriles is 1. The lowest BCUT2D eigenvalue weighted by atomic mass is 9.86. The zero-order valence-electron chi connectivity index (χ0n) is 15.6. The number of piperidine rings is 1. The maximum Gasteiger partial charge on any atom is 0.248 e. The molecule has 3 heterocycles. The summed E-state index contributed by atoms with van der Waals surface area (Å²) in [4.78, 5) is 21.3. The van der Waals surface area contributed by atoms with Crippen LogP contribution in [-0.4, -0.2) is 55.2 Å². The molecule has 1 atom stereocenters. The minimum atomic E-state index is 0.135. The third-order valence-electron chi connectivity index (χ3n) is 5.67. The van der Waals surface area contributed by atoms with Gasteiger partial charge in [0.15, 0.2) is 0 Å². The molecule has 0 radical (unpaired) electrons. The summed E-state index contributed by atoms with van der Waals surface area (Å²) in [5.74, 6) is 1.62.